The smallest absolute Gasteiger partial charge is 0.226 e. The molecule has 1 amide bonds. The Kier molecular flexibility index (Phi) is 7.06. The average Bonchev–Trinajstić information content (AvgIpc) is 3.14. The molecule has 0 spiro atoms. The number of hydrogen-bond donors (Lipinski definition) is 1. The van der Waals surface area contributed by atoms with Gasteiger partial charge in [0.25, 0.3) is 0 Å². The van der Waals surface area contributed by atoms with Crippen LogP contribution in [0.15, 0.2) is 53.9 Å². The summed E-state index contributed by atoms with van der Waals surface area (Å²) in [5.41, 5.74) is 3.05. The van der Waals surface area contributed by atoms with Gasteiger partial charge in [0.2, 0.25) is 5.91 Å². The molecule has 4 nitrogen and oxygen atoms in total. The summed E-state index contributed by atoms with van der Waals surface area (Å²) in [5.74, 6) is 0.763. The normalized spacial score (nSPS) is 11.8. The van der Waals surface area contributed by atoms with Gasteiger partial charge in [-0.3, -0.25) is 4.79 Å². The van der Waals surface area contributed by atoms with E-state index in [1.165, 1.54) is 16.9 Å². The molecule has 3 aromatic rings. The number of nitrogens with zero attached hydrogens (tertiary/aromatic N) is 1. The lowest BCUT2D eigenvalue weighted by atomic mass is 10.1. The number of rotatable bonds is 8. The summed E-state index contributed by atoms with van der Waals surface area (Å²) in [6, 6.07) is 15.5. The average molecular weight is 415 g/mol. The fraction of sp³-hybridized carbons (Fsp3) is 0.273. The van der Waals surface area contributed by atoms with Gasteiger partial charge in [-0.05, 0) is 48.7 Å². The summed E-state index contributed by atoms with van der Waals surface area (Å²) in [5, 5.41) is 6.44. The van der Waals surface area contributed by atoms with Crippen molar-refractivity contribution in [2.75, 3.05) is 0 Å². The summed E-state index contributed by atoms with van der Waals surface area (Å²) in [6.45, 7) is 4.48. The maximum atomic E-state index is 12.3. The Hall–Kier alpha value is -2.37. The zero-order chi connectivity index (χ0) is 19.9. The van der Waals surface area contributed by atoms with Gasteiger partial charge in [-0.25, -0.2) is 4.98 Å². The van der Waals surface area contributed by atoms with E-state index >= 15 is 0 Å². The van der Waals surface area contributed by atoms with Crippen LogP contribution in [0.25, 0.3) is 0 Å². The lowest BCUT2D eigenvalue weighted by Gasteiger charge is -2.14. The van der Waals surface area contributed by atoms with Gasteiger partial charge in [0, 0.05) is 10.4 Å². The van der Waals surface area contributed by atoms with Gasteiger partial charge in [0.1, 0.15) is 17.4 Å². The fourth-order valence-corrected chi connectivity index (χ4v) is 3.59. The van der Waals surface area contributed by atoms with Crippen LogP contribution < -0.4 is 10.1 Å². The standard InChI is InChI=1S/C22H23ClN2O2S/c1-3-16-4-10-20(11-5-16)27-13-22-25-19(14-28-22)12-21(26)24-15(2)17-6-8-18(23)9-7-17/h4-11,14-15H,3,12-13H2,1-2H3,(H,24,26). The number of thiazole rings is 1. The van der Waals surface area contributed by atoms with Crippen molar-refractivity contribution in [3.63, 3.8) is 0 Å². The second kappa shape index (κ2) is 9.71. The van der Waals surface area contributed by atoms with Crippen LogP contribution in [-0.4, -0.2) is 10.9 Å². The largest absolute Gasteiger partial charge is 0.486 e. The van der Waals surface area contributed by atoms with Crippen LogP contribution in [0, 0.1) is 0 Å². The molecule has 0 radical (unpaired) electrons. The van der Waals surface area contributed by atoms with Crippen molar-refractivity contribution in [3.8, 4) is 5.75 Å². The second-order valence-electron chi connectivity index (χ2n) is 6.54. The zero-order valence-corrected chi connectivity index (χ0v) is 17.5. The molecule has 146 valence electrons. The summed E-state index contributed by atoms with van der Waals surface area (Å²) in [4.78, 5) is 16.8. The highest BCUT2D eigenvalue weighted by molar-refractivity contribution is 7.09. The predicted octanol–water partition coefficient (Wildman–Crippen LogP) is 5.36. The summed E-state index contributed by atoms with van der Waals surface area (Å²) in [6.07, 6.45) is 1.26. The quantitative estimate of drug-likeness (QED) is 0.540. The van der Waals surface area contributed by atoms with E-state index in [1.807, 2.05) is 48.7 Å². The van der Waals surface area contributed by atoms with E-state index < -0.39 is 0 Å². The third-order valence-electron chi connectivity index (χ3n) is 4.38. The molecule has 6 heteroatoms. The third kappa shape index (κ3) is 5.81. The maximum Gasteiger partial charge on any atom is 0.226 e. The molecule has 0 aliphatic carbocycles. The van der Waals surface area contributed by atoms with Crippen molar-refractivity contribution in [3.05, 3.63) is 80.8 Å². The molecule has 0 saturated heterocycles. The second-order valence-corrected chi connectivity index (χ2v) is 7.92. The monoisotopic (exact) mass is 414 g/mol. The Morgan fingerprint density at radius 3 is 2.57 bits per heavy atom. The third-order valence-corrected chi connectivity index (χ3v) is 5.51. The highest BCUT2D eigenvalue weighted by Crippen LogP contribution is 2.18. The molecule has 2 aromatic carbocycles. The predicted molar refractivity (Wildman–Crippen MR) is 114 cm³/mol. The molecule has 0 saturated carbocycles. The Balaban J connectivity index is 1.49. The minimum Gasteiger partial charge on any atom is -0.486 e. The molecule has 1 unspecified atom stereocenters. The zero-order valence-electron chi connectivity index (χ0n) is 15.9. The number of carbonyl (C=O) groups excluding carboxylic acids is 1. The summed E-state index contributed by atoms with van der Waals surface area (Å²) >= 11 is 7.41. The van der Waals surface area contributed by atoms with E-state index in [9.17, 15) is 4.79 Å². The summed E-state index contributed by atoms with van der Waals surface area (Å²) < 4.78 is 5.78. The van der Waals surface area contributed by atoms with Crippen molar-refractivity contribution < 1.29 is 9.53 Å². The van der Waals surface area contributed by atoms with Gasteiger partial charge >= 0.3 is 0 Å². The van der Waals surface area contributed by atoms with E-state index in [-0.39, 0.29) is 18.4 Å². The van der Waals surface area contributed by atoms with Crippen molar-refractivity contribution in [1.82, 2.24) is 10.3 Å². The number of benzene rings is 2. The summed E-state index contributed by atoms with van der Waals surface area (Å²) in [7, 11) is 0. The fourth-order valence-electron chi connectivity index (χ4n) is 2.75. The number of halogens is 1. The van der Waals surface area contributed by atoms with Crippen LogP contribution in [0.5, 0.6) is 5.75 Å². The molecule has 0 bridgehead atoms. The Morgan fingerprint density at radius 1 is 1.18 bits per heavy atom. The van der Waals surface area contributed by atoms with Crippen LogP contribution in [0.3, 0.4) is 0 Å². The van der Waals surface area contributed by atoms with Gasteiger partial charge in [0.05, 0.1) is 18.2 Å². The first-order valence-electron chi connectivity index (χ1n) is 9.23. The lowest BCUT2D eigenvalue weighted by molar-refractivity contribution is -0.121. The first kappa shape index (κ1) is 20.4. The SMILES string of the molecule is CCc1ccc(OCc2nc(CC(=O)NC(C)c3ccc(Cl)cc3)cs2)cc1. The van der Waals surface area contributed by atoms with Crippen LogP contribution in [0.1, 0.15) is 41.7 Å². The van der Waals surface area contributed by atoms with Gasteiger partial charge in [0.15, 0.2) is 0 Å². The van der Waals surface area contributed by atoms with Crippen molar-refractivity contribution in [2.24, 2.45) is 0 Å². The molecule has 1 N–H and O–H groups in total. The van der Waals surface area contributed by atoms with Gasteiger partial charge in [-0.1, -0.05) is 42.8 Å². The molecule has 0 aliphatic heterocycles. The van der Waals surface area contributed by atoms with Crippen molar-refractivity contribution >= 4 is 28.8 Å². The van der Waals surface area contributed by atoms with E-state index in [1.54, 1.807) is 0 Å². The van der Waals surface area contributed by atoms with E-state index in [0.717, 1.165) is 28.4 Å². The molecule has 1 atom stereocenters. The van der Waals surface area contributed by atoms with Crippen LogP contribution >= 0.6 is 22.9 Å². The highest BCUT2D eigenvalue weighted by atomic mass is 35.5. The molecular weight excluding hydrogens is 392 g/mol. The van der Waals surface area contributed by atoms with E-state index in [2.05, 4.69) is 29.4 Å². The van der Waals surface area contributed by atoms with Crippen LogP contribution in [0.4, 0.5) is 0 Å². The number of aryl methyl sites for hydroxylation is 1. The Bertz CT molecular complexity index is 907. The highest BCUT2D eigenvalue weighted by Gasteiger charge is 2.12. The number of carbonyl (C=O) groups is 1. The first-order valence-corrected chi connectivity index (χ1v) is 10.5. The minimum atomic E-state index is -0.0858. The molecular formula is C22H23ClN2O2S. The topological polar surface area (TPSA) is 51.2 Å². The number of hydrogen-bond acceptors (Lipinski definition) is 4. The molecule has 3 rings (SSSR count). The van der Waals surface area contributed by atoms with Gasteiger partial charge < -0.3 is 10.1 Å². The number of ether oxygens (including phenoxy) is 1. The van der Waals surface area contributed by atoms with E-state index in [0.29, 0.717) is 11.6 Å². The van der Waals surface area contributed by atoms with E-state index in [4.69, 9.17) is 16.3 Å². The number of aromatic nitrogens is 1. The van der Waals surface area contributed by atoms with Crippen molar-refractivity contribution in [2.45, 2.75) is 39.3 Å². The maximum absolute atomic E-state index is 12.3. The van der Waals surface area contributed by atoms with Crippen LogP contribution in [0.2, 0.25) is 5.02 Å². The van der Waals surface area contributed by atoms with Crippen molar-refractivity contribution in [1.29, 1.82) is 0 Å². The molecule has 0 aliphatic rings. The van der Waals surface area contributed by atoms with Crippen LogP contribution in [-0.2, 0) is 24.2 Å². The molecule has 28 heavy (non-hydrogen) atoms. The molecule has 0 fully saturated rings. The lowest BCUT2D eigenvalue weighted by Crippen LogP contribution is -2.28. The molecule has 1 aromatic heterocycles. The Labute approximate surface area is 174 Å². The van der Waals surface area contributed by atoms with Gasteiger partial charge in [-0.2, -0.15) is 0 Å². The number of nitrogens with one attached hydrogen (secondary N) is 1. The molecule has 1 heterocycles. The number of amides is 1. The minimum absolute atomic E-state index is 0.0598. The van der Waals surface area contributed by atoms with Gasteiger partial charge in [-0.15, -0.1) is 11.3 Å². The first-order chi connectivity index (χ1) is 13.5. The Morgan fingerprint density at radius 2 is 1.89 bits per heavy atom.